The van der Waals surface area contributed by atoms with Crippen LogP contribution in [0.4, 0.5) is 0 Å². The van der Waals surface area contributed by atoms with E-state index in [9.17, 15) is 0 Å². The van der Waals surface area contributed by atoms with Gasteiger partial charge in [-0.15, -0.1) is 0 Å². The number of likely N-dealkylation sites (N-methyl/N-ethyl adjacent to an activating group) is 1. The Balaban J connectivity index is 3.17. The normalized spacial score (nSPS) is 14.2. The maximum absolute atomic E-state index is 6.06. The van der Waals surface area contributed by atoms with Crippen LogP contribution < -0.4 is 10.1 Å². The second-order valence-corrected chi connectivity index (χ2v) is 7.73. The molecule has 0 aliphatic carbocycles. The fraction of sp³-hybridized carbons (Fsp3) is 0.667. The van der Waals surface area contributed by atoms with Crippen LogP contribution in [0.2, 0.25) is 0 Å². The molecule has 2 heteroatoms. The Morgan fingerprint density at radius 3 is 1.75 bits per heavy atom. The van der Waals surface area contributed by atoms with Crippen molar-refractivity contribution >= 4 is 0 Å². The van der Waals surface area contributed by atoms with Crippen LogP contribution in [0.25, 0.3) is 0 Å². The molecular formula is C18H31NO. The monoisotopic (exact) mass is 277 g/mol. The van der Waals surface area contributed by atoms with Gasteiger partial charge in [0, 0.05) is 6.54 Å². The molecule has 1 N–H and O–H groups in total. The number of hydrogen-bond acceptors (Lipinski definition) is 2. The second-order valence-electron chi connectivity index (χ2n) is 7.73. The molecule has 0 saturated carbocycles. The summed E-state index contributed by atoms with van der Waals surface area (Å²) in [5.41, 5.74) is 2.92. The van der Waals surface area contributed by atoms with Crippen molar-refractivity contribution in [1.29, 1.82) is 0 Å². The molecule has 0 amide bonds. The van der Waals surface area contributed by atoms with Gasteiger partial charge in [-0.2, -0.15) is 0 Å². The van der Waals surface area contributed by atoms with E-state index >= 15 is 0 Å². The van der Waals surface area contributed by atoms with E-state index < -0.39 is 0 Å². The standard InChI is InChI=1S/C18H31NO/c1-13(12-19-8)20-16-10-14(17(2,3)4)9-15(11-16)18(5,6)7/h9-11,13,19H,12H2,1-8H3. The van der Waals surface area contributed by atoms with Gasteiger partial charge >= 0.3 is 0 Å². The molecular weight excluding hydrogens is 246 g/mol. The van der Waals surface area contributed by atoms with E-state index in [2.05, 4.69) is 72.0 Å². The zero-order valence-electron chi connectivity index (χ0n) is 14.4. The number of hydrogen-bond donors (Lipinski definition) is 1. The summed E-state index contributed by atoms with van der Waals surface area (Å²) in [4.78, 5) is 0. The molecule has 0 aliphatic heterocycles. The van der Waals surface area contributed by atoms with Gasteiger partial charge < -0.3 is 10.1 Å². The van der Waals surface area contributed by atoms with Gasteiger partial charge in [0.1, 0.15) is 11.9 Å². The molecule has 20 heavy (non-hydrogen) atoms. The zero-order chi connectivity index (χ0) is 15.6. The molecule has 2 nitrogen and oxygen atoms in total. The molecule has 1 aromatic carbocycles. The van der Waals surface area contributed by atoms with Crippen LogP contribution >= 0.6 is 0 Å². The van der Waals surface area contributed by atoms with Crippen molar-refractivity contribution < 1.29 is 4.74 Å². The van der Waals surface area contributed by atoms with Crippen LogP contribution in [0.3, 0.4) is 0 Å². The van der Waals surface area contributed by atoms with Crippen LogP contribution in [0, 0.1) is 0 Å². The van der Waals surface area contributed by atoms with Crippen LogP contribution in [0.15, 0.2) is 18.2 Å². The minimum Gasteiger partial charge on any atom is -0.489 e. The van der Waals surface area contributed by atoms with Crippen molar-refractivity contribution in [2.45, 2.75) is 65.4 Å². The Morgan fingerprint density at radius 1 is 0.950 bits per heavy atom. The van der Waals surface area contributed by atoms with Crippen LogP contribution in [0.1, 0.15) is 59.6 Å². The molecule has 0 aromatic heterocycles. The molecule has 0 spiro atoms. The van der Waals surface area contributed by atoms with E-state index in [0.29, 0.717) is 0 Å². The molecule has 1 rings (SSSR count). The van der Waals surface area contributed by atoms with Gasteiger partial charge in [0.25, 0.3) is 0 Å². The summed E-state index contributed by atoms with van der Waals surface area (Å²) in [6.45, 7) is 16.4. The third kappa shape index (κ3) is 4.82. The molecule has 0 saturated heterocycles. The highest BCUT2D eigenvalue weighted by Gasteiger charge is 2.21. The Labute approximate surface area is 124 Å². The van der Waals surface area contributed by atoms with E-state index in [1.807, 2.05) is 7.05 Å². The number of ether oxygens (including phenoxy) is 1. The third-order valence-corrected chi connectivity index (χ3v) is 3.47. The lowest BCUT2D eigenvalue weighted by Gasteiger charge is -2.27. The first-order valence-electron chi connectivity index (χ1n) is 7.51. The fourth-order valence-corrected chi connectivity index (χ4v) is 2.09. The van der Waals surface area contributed by atoms with E-state index in [4.69, 9.17) is 4.74 Å². The molecule has 0 bridgehead atoms. The highest BCUT2D eigenvalue weighted by atomic mass is 16.5. The van der Waals surface area contributed by atoms with Crippen LogP contribution in [0.5, 0.6) is 5.75 Å². The highest BCUT2D eigenvalue weighted by Crippen LogP contribution is 2.33. The Hall–Kier alpha value is -1.02. The molecule has 1 unspecified atom stereocenters. The van der Waals surface area contributed by atoms with Gasteiger partial charge in [-0.25, -0.2) is 0 Å². The topological polar surface area (TPSA) is 21.3 Å². The summed E-state index contributed by atoms with van der Waals surface area (Å²) in [6.07, 6.45) is 0.169. The summed E-state index contributed by atoms with van der Waals surface area (Å²) in [7, 11) is 1.95. The Bertz CT molecular complexity index is 405. The highest BCUT2D eigenvalue weighted by molar-refractivity contribution is 5.40. The van der Waals surface area contributed by atoms with Crippen molar-refractivity contribution in [2.24, 2.45) is 0 Å². The number of benzene rings is 1. The Kier molecular flexibility index (Phi) is 5.26. The van der Waals surface area contributed by atoms with Gasteiger partial charge in [0.05, 0.1) is 0 Å². The molecule has 114 valence electrons. The lowest BCUT2D eigenvalue weighted by molar-refractivity contribution is 0.219. The molecule has 0 aliphatic rings. The largest absolute Gasteiger partial charge is 0.489 e. The van der Waals surface area contributed by atoms with Gasteiger partial charge in [-0.05, 0) is 48.1 Å². The van der Waals surface area contributed by atoms with Crippen molar-refractivity contribution in [2.75, 3.05) is 13.6 Å². The van der Waals surface area contributed by atoms with E-state index in [1.54, 1.807) is 0 Å². The first-order chi connectivity index (χ1) is 9.04. The quantitative estimate of drug-likeness (QED) is 0.887. The van der Waals surface area contributed by atoms with Crippen LogP contribution in [-0.4, -0.2) is 19.7 Å². The molecule has 1 atom stereocenters. The zero-order valence-corrected chi connectivity index (χ0v) is 14.4. The predicted molar refractivity (Wildman–Crippen MR) is 87.9 cm³/mol. The fourth-order valence-electron chi connectivity index (χ4n) is 2.09. The molecule has 0 fully saturated rings. The van der Waals surface area contributed by atoms with Crippen molar-refractivity contribution in [3.63, 3.8) is 0 Å². The molecule has 1 aromatic rings. The molecule has 0 heterocycles. The first kappa shape index (κ1) is 17.0. The molecule has 0 radical (unpaired) electrons. The number of nitrogens with one attached hydrogen (secondary N) is 1. The second kappa shape index (κ2) is 6.17. The lowest BCUT2D eigenvalue weighted by Crippen LogP contribution is -2.26. The summed E-state index contributed by atoms with van der Waals surface area (Å²) < 4.78 is 6.06. The summed E-state index contributed by atoms with van der Waals surface area (Å²) in [5.74, 6) is 0.977. The van der Waals surface area contributed by atoms with Crippen molar-refractivity contribution in [1.82, 2.24) is 5.32 Å². The van der Waals surface area contributed by atoms with Gasteiger partial charge in [0.15, 0.2) is 0 Å². The van der Waals surface area contributed by atoms with Gasteiger partial charge in [-0.1, -0.05) is 47.6 Å². The van der Waals surface area contributed by atoms with Crippen molar-refractivity contribution in [3.05, 3.63) is 29.3 Å². The van der Waals surface area contributed by atoms with E-state index in [0.717, 1.165) is 12.3 Å². The average Bonchev–Trinajstić information content (AvgIpc) is 2.26. The van der Waals surface area contributed by atoms with Gasteiger partial charge in [-0.3, -0.25) is 0 Å². The van der Waals surface area contributed by atoms with Crippen LogP contribution in [-0.2, 0) is 10.8 Å². The van der Waals surface area contributed by atoms with Crippen molar-refractivity contribution in [3.8, 4) is 5.75 Å². The van der Waals surface area contributed by atoms with Gasteiger partial charge in [0.2, 0.25) is 0 Å². The minimum atomic E-state index is 0.131. The Morgan fingerprint density at radius 2 is 1.40 bits per heavy atom. The smallest absolute Gasteiger partial charge is 0.120 e. The minimum absolute atomic E-state index is 0.131. The summed E-state index contributed by atoms with van der Waals surface area (Å²) >= 11 is 0. The maximum atomic E-state index is 6.06. The first-order valence-corrected chi connectivity index (χ1v) is 7.51. The SMILES string of the molecule is CNCC(C)Oc1cc(C(C)(C)C)cc(C(C)(C)C)c1. The summed E-state index contributed by atoms with van der Waals surface area (Å²) in [5, 5.41) is 3.15. The summed E-state index contributed by atoms with van der Waals surface area (Å²) in [6, 6.07) is 6.68. The predicted octanol–water partition coefficient (Wildman–Crippen LogP) is 4.27. The third-order valence-electron chi connectivity index (χ3n) is 3.47. The average molecular weight is 277 g/mol. The van der Waals surface area contributed by atoms with E-state index in [-0.39, 0.29) is 16.9 Å². The van der Waals surface area contributed by atoms with E-state index in [1.165, 1.54) is 11.1 Å². The number of rotatable bonds is 4. The maximum Gasteiger partial charge on any atom is 0.120 e. The lowest BCUT2D eigenvalue weighted by atomic mass is 9.80.